The highest BCUT2D eigenvalue weighted by Crippen LogP contribution is 2.04. The maximum Gasteiger partial charge on any atom is 0.412 e. The van der Waals surface area contributed by atoms with Crippen LogP contribution in [0.2, 0.25) is 0 Å². The third kappa shape index (κ3) is 8.61. The van der Waals surface area contributed by atoms with Crippen molar-refractivity contribution in [2.45, 2.75) is 58.3 Å². The van der Waals surface area contributed by atoms with E-state index in [2.05, 4.69) is 10.6 Å². The monoisotopic (exact) mass is 413 g/mol. The van der Waals surface area contributed by atoms with Crippen LogP contribution >= 0.6 is 0 Å². The molecule has 0 unspecified atom stereocenters. The summed E-state index contributed by atoms with van der Waals surface area (Å²) in [7, 11) is 0. The molecular formula is C23H33N4O3+. The number of ether oxygens (including phenoxy) is 1. The molecule has 0 aliphatic heterocycles. The summed E-state index contributed by atoms with van der Waals surface area (Å²) < 4.78 is 6.96. The largest absolute Gasteiger partial charge is 0.412 e. The molecule has 7 nitrogen and oxygen atoms in total. The summed E-state index contributed by atoms with van der Waals surface area (Å²) in [5.74, 6) is -0.115. The number of unbranched alkanes of at least 4 members (excludes halogenated alkanes) is 1. The summed E-state index contributed by atoms with van der Waals surface area (Å²) in [6, 6.07) is 13.4. The van der Waals surface area contributed by atoms with Crippen LogP contribution in [-0.2, 0) is 17.9 Å². The Morgan fingerprint density at radius 1 is 1.00 bits per heavy atom. The molecule has 0 fully saturated rings. The Morgan fingerprint density at radius 2 is 1.70 bits per heavy atom. The topological polar surface area (TPSA) is 97.3 Å². The molecule has 2 atom stereocenters. The molecule has 0 bridgehead atoms. The van der Waals surface area contributed by atoms with Crippen LogP contribution < -0.4 is 20.9 Å². The average Bonchev–Trinajstić information content (AvgIpc) is 2.73. The van der Waals surface area contributed by atoms with E-state index >= 15 is 0 Å². The molecule has 7 heteroatoms. The van der Waals surface area contributed by atoms with Crippen molar-refractivity contribution in [2.24, 2.45) is 5.73 Å². The lowest BCUT2D eigenvalue weighted by Gasteiger charge is -2.13. The lowest BCUT2D eigenvalue weighted by Crippen LogP contribution is -2.41. The molecule has 30 heavy (non-hydrogen) atoms. The summed E-state index contributed by atoms with van der Waals surface area (Å²) in [5, 5.41) is 5.81. The summed E-state index contributed by atoms with van der Waals surface area (Å²) in [4.78, 5) is 24.3. The minimum Gasteiger partial charge on any atom is -0.388 e. The van der Waals surface area contributed by atoms with Gasteiger partial charge in [-0.15, -0.1) is 0 Å². The lowest BCUT2D eigenvalue weighted by atomic mass is 10.1. The number of hydrogen-bond donors (Lipinski definition) is 3. The highest BCUT2D eigenvalue weighted by atomic mass is 16.6. The Hall–Kier alpha value is -2.93. The van der Waals surface area contributed by atoms with Gasteiger partial charge in [-0.2, -0.15) is 4.57 Å². The van der Waals surface area contributed by atoms with Gasteiger partial charge in [-0.3, -0.25) is 4.79 Å². The highest BCUT2D eigenvalue weighted by molar-refractivity contribution is 5.94. The van der Waals surface area contributed by atoms with Crippen molar-refractivity contribution in [3.05, 3.63) is 66.0 Å². The Bertz CT molecular complexity index is 781. The number of aromatic nitrogens is 1. The van der Waals surface area contributed by atoms with Gasteiger partial charge in [0.25, 0.3) is 12.6 Å². The molecule has 1 heterocycles. The molecule has 0 saturated carbocycles. The summed E-state index contributed by atoms with van der Waals surface area (Å²) in [6.07, 6.45) is 6.56. The zero-order valence-corrected chi connectivity index (χ0v) is 17.8. The SMILES string of the molecule is C[C@H](CCCCN)NC(=O)c1cc[n+](COC(=O)N[C@@H](C)Cc2ccccc2)cc1. The first-order valence-electron chi connectivity index (χ1n) is 10.4. The lowest BCUT2D eigenvalue weighted by molar-refractivity contribution is -0.727. The van der Waals surface area contributed by atoms with E-state index in [1.807, 2.05) is 44.2 Å². The van der Waals surface area contributed by atoms with Crippen LogP contribution in [0.4, 0.5) is 4.79 Å². The molecular weight excluding hydrogens is 380 g/mol. The first-order chi connectivity index (χ1) is 14.5. The smallest absolute Gasteiger partial charge is 0.388 e. The second kappa shape index (κ2) is 12.6. The number of hydrogen-bond acceptors (Lipinski definition) is 4. The van der Waals surface area contributed by atoms with Crippen LogP contribution in [0.25, 0.3) is 0 Å². The molecule has 0 aliphatic carbocycles. The Balaban J connectivity index is 1.73. The van der Waals surface area contributed by atoms with Gasteiger partial charge in [0.2, 0.25) is 0 Å². The van der Waals surface area contributed by atoms with Crippen molar-refractivity contribution in [3.63, 3.8) is 0 Å². The Morgan fingerprint density at radius 3 is 2.37 bits per heavy atom. The minimum absolute atomic E-state index is 0.0391. The number of carbonyl (C=O) groups is 2. The second-order valence-corrected chi connectivity index (χ2v) is 7.56. The van der Waals surface area contributed by atoms with Gasteiger partial charge in [0.1, 0.15) is 0 Å². The zero-order valence-electron chi connectivity index (χ0n) is 17.8. The number of amides is 2. The standard InChI is InChI=1S/C23H32N4O3/c1-18(8-6-7-13-24)25-22(28)21-11-14-27(15-12-21)17-30-23(29)26-19(2)16-20-9-4-3-5-10-20/h3-5,9-12,14-15,18-19H,6-8,13,16-17,24H2,1-2H3,(H-,25,26,28,29)/p+1/t18-,19+/m1/s1. The van der Waals surface area contributed by atoms with Gasteiger partial charge >= 0.3 is 6.09 Å². The van der Waals surface area contributed by atoms with E-state index in [4.69, 9.17) is 10.5 Å². The molecule has 2 aromatic rings. The minimum atomic E-state index is -0.473. The number of rotatable bonds is 11. The molecule has 0 spiro atoms. The van der Waals surface area contributed by atoms with Gasteiger partial charge in [-0.25, -0.2) is 4.79 Å². The number of alkyl carbamates (subject to hydrolysis) is 1. The number of carbonyl (C=O) groups excluding carboxylic acids is 2. The highest BCUT2D eigenvalue weighted by Gasteiger charge is 2.13. The molecule has 2 rings (SSSR count). The fourth-order valence-electron chi connectivity index (χ4n) is 3.06. The van der Waals surface area contributed by atoms with E-state index < -0.39 is 6.09 Å². The van der Waals surface area contributed by atoms with Gasteiger partial charge < -0.3 is 21.1 Å². The van der Waals surface area contributed by atoms with Gasteiger partial charge in [0, 0.05) is 24.2 Å². The molecule has 1 aromatic heterocycles. The second-order valence-electron chi connectivity index (χ2n) is 7.56. The van der Waals surface area contributed by atoms with Gasteiger partial charge in [0.05, 0.1) is 5.56 Å². The number of nitrogens with one attached hydrogen (secondary N) is 2. The van der Waals surface area contributed by atoms with Gasteiger partial charge in [0.15, 0.2) is 12.4 Å². The van der Waals surface area contributed by atoms with Crippen molar-refractivity contribution in [1.29, 1.82) is 0 Å². The van der Waals surface area contributed by atoms with E-state index in [0.29, 0.717) is 12.1 Å². The maximum absolute atomic E-state index is 12.3. The maximum atomic E-state index is 12.3. The fraction of sp³-hybridized carbons (Fsp3) is 0.435. The number of nitrogens with zero attached hydrogens (tertiary/aromatic N) is 1. The van der Waals surface area contributed by atoms with Crippen LogP contribution in [0.1, 0.15) is 49.0 Å². The van der Waals surface area contributed by atoms with E-state index in [9.17, 15) is 9.59 Å². The normalized spacial score (nSPS) is 12.6. The molecule has 0 aliphatic rings. The van der Waals surface area contributed by atoms with E-state index in [1.165, 1.54) is 0 Å². The Kier molecular flexibility index (Phi) is 9.80. The molecule has 162 valence electrons. The van der Waals surface area contributed by atoms with E-state index in [-0.39, 0.29) is 24.7 Å². The van der Waals surface area contributed by atoms with Crippen molar-refractivity contribution in [2.75, 3.05) is 6.54 Å². The van der Waals surface area contributed by atoms with Gasteiger partial charge in [-0.05, 0) is 45.2 Å². The van der Waals surface area contributed by atoms with Gasteiger partial charge in [-0.1, -0.05) is 36.8 Å². The zero-order chi connectivity index (χ0) is 21.8. The Labute approximate surface area is 178 Å². The predicted octanol–water partition coefficient (Wildman–Crippen LogP) is 2.54. The predicted molar refractivity (Wildman–Crippen MR) is 116 cm³/mol. The fourth-order valence-corrected chi connectivity index (χ4v) is 3.06. The number of nitrogens with two attached hydrogens (primary N) is 1. The molecule has 2 amide bonds. The van der Waals surface area contributed by atoms with E-state index in [0.717, 1.165) is 31.2 Å². The van der Waals surface area contributed by atoms with Crippen LogP contribution in [0.5, 0.6) is 0 Å². The van der Waals surface area contributed by atoms with Crippen LogP contribution in [0.3, 0.4) is 0 Å². The number of benzene rings is 1. The van der Waals surface area contributed by atoms with Crippen molar-refractivity contribution < 1.29 is 18.9 Å². The van der Waals surface area contributed by atoms with Crippen LogP contribution in [0, 0.1) is 0 Å². The van der Waals surface area contributed by atoms with Crippen LogP contribution in [-0.4, -0.2) is 30.6 Å². The number of pyridine rings is 1. The quantitative estimate of drug-likeness (QED) is 0.389. The van der Waals surface area contributed by atoms with Crippen LogP contribution in [0.15, 0.2) is 54.9 Å². The first-order valence-corrected chi connectivity index (χ1v) is 10.4. The summed E-state index contributed by atoms with van der Waals surface area (Å²) in [5.41, 5.74) is 7.22. The van der Waals surface area contributed by atoms with E-state index in [1.54, 1.807) is 29.1 Å². The van der Waals surface area contributed by atoms with Crippen molar-refractivity contribution in [1.82, 2.24) is 10.6 Å². The third-order valence-corrected chi connectivity index (χ3v) is 4.72. The third-order valence-electron chi connectivity index (χ3n) is 4.72. The molecule has 0 saturated heterocycles. The van der Waals surface area contributed by atoms with Crippen molar-refractivity contribution in [3.8, 4) is 0 Å². The first kappa shape index (κ1) is 23.3. The average molecular weight is 414 g/mol. The molecule has 0 radical (unpaired) electrons. The summed E-state index contributed by atoms with van der Waals surface area (Å²) in [6.45, 7) is 4.67. The molecule has 1 aromatic carbocycles. The summed E-state index contributed by atoms with van der Waals surface area (Å²) >= 11 is 0. The van der Waals surface area contributed by atoms with Crippen molar-refractivity contribution >= 4 is 12.0 Å². The molecule has 4 N–H and O–H groups in total.